The first-order chi connectivity index (χ1) is 16.9. The minimum Gasteiger partial charge on any atom is -0.494 e. The number of aliphatic hydroxyl groups is 1. The average molecular weight is 481 g/mol. The smallest absolute Gasteiger partial charge is 0.166 e. The summed E-state index contributed by atoms with van der Waals surface area (Å²) in [6.45, 7) is 4.01. The first-order valence-electron chi connectivity index (χ1n) is 12.2. The Morgan fingerprint density at radius 1 is 0.971 bits per heavy atom. The molecule has 5 heteroatoms. The monoisotopic (exact) mass is 480 g/mol. The van der Waals surface area contributed by atoms with Gasteiger partial charge in [0.25, 0.3) is 0 Å². The number of hydrogen-bond acceptors (Lipinski definition) is 2. The number of aryl methyl sites for hydroxylation is 1. The van der Waals surface area contributed by atoms with Gasteiger partial charge >= 0.3 is 0 Å². The second-order valence-corrected chi connectivity index (χ2v) is 9.18. The van der Waals surface area contributed by atoms with Gasteiger partial charge in [0.15, 0.2) is 11.6 Å². The predicted molar refractivity (Wildman–Crippen MR) is 134 cm³/mol. The Morgan fingerprint density at radius 3 is 2.34 bits per heavy atom. The largest absolute Gasteiger partial charge is 0.494 e. The van der Waals surface area contributed by atoms with Crippen molar-refractivity contribution in [1.29, 1.82) is 0 Å². The molecule has 3 aromatic carbocycles. The lowest BCUT2D eigenvalue weighted by atomic mass is 9.83. The summed E-state index contributed by atoms with van der Waals surface area (Å²) in [5.74, 6) is -1.05. The maximum Gasteiger partial charge on any atom is 0.166 e. The molecule has 0 amide bonds. The normalized spacial score (nSPS) is 16.6. The Morgan fingerprint density at radius 2 is 1.71 bits per heavy atom. The van der Waals surface area contributed by atoms with Gasteiger partial charge in [0, 0.05) is 17.2 Å². The molecule has 0 spiro atoms. The molecule has 0 bridgehead atoms. The van der Waals surface area contributed by atoms with Gasteiger partial charge in [-0.3, -0.25) is 0 Å². The van der Waals surface area contributed by atoms with Gasteiger partial charge in [-0.2, -0.15) is 0 Å². The van der Waals surface area contributed by atoms with Crippen LogP contribution in [0.2, 0.25) is 0 Å². The van der Waals surface area contributed by atoms with E-state index >= 15 is 0 Å². The van der Waals surface area contributed by atoms with E-state index in [2.05, 4.69) is 6.08 Å². The molecule has 0 saturated carbocycles. The van der Waals surface area contributed by atoms with Crippen LogP contribution < -0.4 is 4.74 Å². The Hall–Kier alpha value is -3.05. The van der Waals surface area contributed by atoms with Crippen molar-refractivity contribution in [3.8, 4) is 16.9 Å². The highest BCUT2D eigenvalue weighted by Gasteiger charge is 2.20. The lowest BCUT2D eigenvalue weighted by molar-refractivity contribution is 0.199. The van der Waals surface area contributed by atoms with E-state index in [-0.39, 0.29) is 11.4 Å². The number of hydrogen-bond donors (Lipinski definition) is 1. The van der Waals surface area contributed by atoms with Crippen LogP contribution >= 0.6 is 0 Å². The summed E-state index contributed by atoms with van der Waals surface area (Å²) in [7, 11) is 0. The van der Waals surface area contributed by atoms with E-state index in [4.69, 9.17) is 4.74 Å². The van der Waals surface area contributed by atoms with Crippen LogP contribution in [-0.2, 0) is 6.42 Å². The van der Waals surface area contributed by atoms with Crippen LogP contribution in [0.25, 0.3) is 16.7 Å². The number of halogens is 3. The van der Waals surface area contributed by atoms with Crippen LogP contribution in [0.4, 0.5) is 13.2 Å². The molecule has 4 rings (SSSR count). The first kappa shape index (κ1) is 25.1. The molecule has 3 aromatic rings. The third-order valence-electron chi connectivity index (χ3n) is 6.81. The van der Waals surface area contributed by atoms with Crippen molar-refractivity contribution in [2.75, 3.05) is 6.61 Å². The zero-order valence-corrected chi connectivity index (χ0v) is 20.2. The molecule has 0 radical (unpaired) electrons. The third kappa shape index (κ3) is 5.79. The molecule has 0 aromatic heterocycles. The maximum absolute atomic E-state index is 14.8. The zero-order valence-electron chi connectivity index (χ0n) is 20.2. The molecule has 35 heavy (non-hydrogen) atoms. The van der Waals surface area contributed by atoms with E-state index < -0.39 is 17.7 Å². The molecule has 0 aliphatic heterocycles. The van der Waals surface area contributed by atoms with Gasteiger partial charge in [-0.05, 0) is 86.3 Å². The van der Waals surface area contributed by atoms with Crippen molar-refractivity contribution in [3.63, 3.8) is 0 Å². The lowest BCUT2D eigenvalue weighted by Crippen LogP contribution is -2.08. The SMILES string of the molecule is CCOc1ccc(C2=CCC(CCc3ccc(-c4ccc(C(C)O)cc4)c(F)c3F)CC2)c(F)c1. The van der Waals surface area contributed by atoms with Crippen molar-refractivity contribution in [1.82, 2.24) is 0 Å². The van der Waals surface area contributed by atoms with E-state index in [1.807, 2.05) is 6.92 Å². The van der Waals surface area contributed by atoms with Crippen LogP contribution in [0.15, 0.2) is 60.7 Å². The molecule has 0 heterocycles. The molecule has 184 valence electrons. The van der Waals surface area contributed by atoms with Crippen LogP contribution in [0.3, 0.4) is 0 Å². The number of benzene rings is 3. The highest BCUT2D eigenvalue weighted by atomic mass is 19.2. The van der Waals surface area contributed by atoms with E-state index in [1.54, 1.807) is 55.5 Å². The molecule has 1 aliphatic rings. The summed E-state index contributed by atoms with van der Waals surface area (Å²) in [6.07, 6.45) is 5.09. The van der Waals surface area contributed by atoms with E-state index in [0.29, 0.717) is 41.4 Å². The van der Waals surface area contributed by atoms with Crippen LogP contribution in [0, 0.1) is 23.4 Å². The molecular formula is C30H31F3O2. The fraction of sp³-hybridized carbons (Fsp3) is 0.333. The van der Waals surface area contributed by atoms with Gasteiger partial charge in [-0.15, -0.1) is 0 Å². The maximum atomic E-state index is 14.8. The Balaban J connectivity index is 1.39. The zero-order chi connectivity index (χ0) is 24.9. The highest BCUT2D eigenvalue weighted by molar-refractivity contribution is 5.67. The Kier molecular flexibility index (Phi) is 7.97. The fourth-order valence-electron chi connectivity index (χ4n) is 4.71. The van der Waals surface area contributed by atoms with Crippen molar-refractivity contribution in [2.24, 2.45) is 5.92 Å². The van der Waals surface area contributed by atoms with Gasteiger partial charge in [0.1, 0.15) is 11.6 Å². The number of rotatable bonds is 8. The van der Waals surface area contributed by atoms with E-state index in [1.165, 1.54) is 6.07 Å². The quantitative estimate of drug-likeness (QED) is 0.354. The standard InChI is InChI=1S/C30H31F3O2/c1-3-35-25-15-17-26(28(31)18-25)22-7-4-20(5-8-22)6-9-24-14-16-27(30(33)29(24)32)23-12-10-21(11-13-23)19(2)34/h7,10-20,34H,3-6,8-9H2,1-2H3. The number of aliphatic hydroxyl groups excluding tert-OH is 1. The minimum absolute atomic E-state index is 0.214. The summed E-state index contributed by atoms with van der Waals surface area (Å²) < 4.78 is 49.6. The van der Waals surface area contributed by atoms with Gasteiger partial charge in [-0.25, -0.2) is 13.2 Å². The highest BCUT2D eigenvalue weighted by Crippen LogP contribution is 2.35. The fourth-order valence-corrected chi connectivity index (χ4v) is 4.71. The van der Waals surface area contributed by atoms with Crippen LogP contribution in [0.5, 0.6) is 5.75 Å². The summed E-state index contributed by atoms with van der Waals surface area (Å²) in [4.78, 5) is 0. The van der Waals surface area contributed by atoms with E-state index in [0.717, 1.165) is 36.8 Å². The Bertz CT molecular complexity index is 1200. The molecule has 0 saturated heterocycles. The predicted octanol–water partition coefficient (Wildman–Crippen LogP) is 8.04. The molecule has 2 unspecified atom stereocenters. The number of allylic oxidation sites excluding steroid dienone is 2. The summed E-state index contributed by atoms with van der Waals surface area (Å²) in [6, 6.07) is 15.1. The number of ether oxygens (including phenoxy) is 1. The molecule has 0 fully saturated rings. The average Bonchev–Trinajstić information content (AvgIpc) is 2.86. The van der Waals surface area contributed by atoms with Crippen molar-refractivity contribution < 1.29 is 23.0 Å². The molecule has 2 atom stereocenters. The lowest BCUT2D eigenvalue weighted by Gasteiger charge is -2.23. The second-order valence-electron chi connectivity index (χ2n) is 9.18. The first-order valence-corrected chi connectivity index (χ1v) is 12.2. The second kappa shape index (κ2) is 11.1. The van der Waals surface area contributed by atoms with Crippen molar-refractivity contribution in [2.45, 2.75) is 52.1 Å². The summed E-state index contributed by atoms with van der Waals surface area (Å²) in [5.41, 5.74) is 3.48. The van der Waals surface area contributed by atoms with Crippen molar-refractivity contribution in [3.05, 3.63) is 94.8 Å². The summed E-state index contributed by atoms with van der Waals surface area (Å²) >= 11 is 0. The van der Waals surface area contributed by atoms with Crippen LogP contribution in [-0.4, -0.2) is 11.7 Å². The molecular weight excluding hydrogens is 449 g/mol. The van der Waals surface area contributed by atoms with E-state index in [9.17, 15) is 18.3 Å². The molecule has 1 N–H and O–H groups in total. The third-order valence-corrected chi connectivity index (χ3v) is 6.81. The van der Waals surface area contributed by atoms with Crippen molar-refractivity contribution >= 4 is 5.57 Å². The molecule has 1 aliphatic carbocycles. The minimum atomic E-state index is -0.843. The van der Waals surface area contributed by atoms with Gasteiger partial charge in [0.05, 0.1) is 12.7 Å². The topological polar surface area (TPSA) is 29.5 Å². The van der Waals surface area contributed by atoms with Gasteiger partial charge in [0.2, 0.25) is 0 Å². The van der Waals surface area contributed by atoms with Gasteiger partial charge < -0.3 is 9.84 Å². The Labute approximate surface area is 205 Å². The van der Waals surface area contributed by atoms with Crippen LogP contribution in [0.1, 0.15) is 62.3 Å². The summed E-state index contributed by atoms with van der Waals surface area (Å²) in [5, 5.41) is 9.64. The van der Waals surface area contributed by atoms with Gasteiger partial charge in [-0.1, -0.05) is 42.5 Å². The molecule has 2 nitrogen and oxygen atoms in total.